The number of nitrogens with one attached hydrogen (secondary N) is 1. The van der Waals surface area contributed by atoms with Gasteiger partial charge >= 0.3 is 5.97 Å². The van der Waals surface area contributed by atoms with Crippen molar-refractivity contribution < 1.29 is 14.3 Å². The number of amides is 1. The predicted octanol–water partition coefficient (Wildman–Crippen LogP) is 3.20. The van der Waals surface area contributed by atoms with E-state index in [0.29, 0.717) is 45.8 Å². The molecule has 0 spiro atoms. The summed E-state index contributed by atoms with van der Waals surface area (Å²) in [6.45, 7) is 0. The van der Waals surface area contributed by atoms with Gasteiger partial charge in [-0.3, -0.25) is 9.59 Å². The number of ether oxygens (including phenoxy) is 1. The Balaban J connectivity index is 2.36. The number of anilines is 2. The van der Waals surface area contributed by atoms with Gasteiger partial charge in [-0.25, -0.2) is 0 Å². The molecule has 0 aliphatic rings. The molecule has 0 aliphatic carbocycles. The maximum atomic E-state index is 11.8. The summed E-state index contributed by atoms with van der Waals surface area (Å²) in [4.78, 5) is 22.7. The van der Waals surface area contributed by atoms with Crippen molar-refractivity contribution in [2.45, 2.75) is 12.8 Å². The van der Waals surface area contributed by atoms with Crippen molar-refractivity contribution in [3.05, 3.63) is 22.2 Å². The van der Waals surface area contributed by atoms with Crippen molar-refractivity contribution in [2.75, 3.05) is 29.7 Å². The van der Waals surface area contributed by atoms with Crippen molar-refractivity contribution in [3.63, 3.8) is 0 Å². The first-order valence-electron chi connectivity index (χ1n) is 6.13. The highest BCUT2D eigenvalue weighted by molar-refractivity contribution is 7.99. The zero-order valence-corrected chi connectivity index (χ0v) is 13.8. The molecule has 1 aromatic rings. The topological polar surface area (TPSA) is 81.4 Å². The number of nitrogens with two attached hydrogens (primary N) is 1. The number of benzene rings is 1. The SMILES string of the molecule is COC(=O)CCSCCC(=O)Nc1c(Cl)cc(N)cc1Cl. The Labute approximate surface area is 137 Å². The Hall–Kier alpha value is -1.11. The first kappa shape index (κ1) is 17.9. The zero-order valence-electron chi connectivity index (χ0n) is 11.4. The van der Waals surface area contributed by atoms with E-state index < -0.39 is 0 Å². The molecule has 0 saturated carbocycles. The Morgan fingerprint density at radius 2 is 1.81 bits per heavy atom. The number of carbonyl (C=O) groups excluding carboxylic acids is 2. The second kappa shape index (κ2) is 9.02. The van der Waals surface area contributed by atoms with Crippen molar-refractivity contribution in [2.24, 2.45) is 0 Å². The number of halogens is 2. The lowest BCUT2D eigenvalue weighted by atomic mass is 10.2. The number of rotatable bonds is 7. The van der Waals surface area contributed by atoms with Crippen LogP contribution in [0, 0.1) is 0 Å². The minimum absolute atomic E-state index is 0.200. The third-order valence-electron chi connectivity index (χ3n) is 2.48. The average Bonchev–Trinajstić information content (AvgIpc) is 2.42. The maximum Gasteiger partial charge on any atom is 0.306 e. The highest BCUT2D eigenvalue weighted by atomic mass is 35.5. The van der Waals surface area contributed by atoms with Crippen LogP contribution >= 0.6 is 35.0 Å². The molecule has 0 bridgehead atoms. The fourth-order valence-corrected chi connectivity index (χ4v) is 2.88. The van der Waals surface area contributed by atoms with Crippen LogP contribution in [0.1, 0.15) is 12.8 Å². The summed E-state index contributed by atoms with van der Waals surface area (Å²) < 4.78 is 4.52. The number of nitrogen functional groups attached to an aromatic ring is 1. The van der Waals surface area contributed by atoms with Gasteiger partial charge in [-0.2, -0.15) is 11.8 Å². The minimum atomic E-state index is -0.257. The lowest BCUT2D eigenvalue weighted by molar-refractivity contribution is -0.140. The number of methoxy groups -OCH3 is 1. The lowest BCUT2D eigenvalue weighted by Crippen LogP contribution is -2.13. The summed E-state index contributed by atoms with van der Waals surface area (Å²) in [5.41, 5.74) is 6.38. The van der Waals surface area contributed by atoms with Crippen molar-refractivity contribution in [1.29, 1.82) is 0 Å². The average molecular weight is 351 g/mol. The van der Waals surface area contributed by atoms with E-state index >= 15 is 0 Å². The van der Waals surface area contributed by atoms with Crippen LogP contribution in [-0.2, 0) is 14.3 Å². The molecular formula is C13H16Cl2N2O3S. The van der Waals surface area contributed by atoms with Gasteiger partial charge in [0.1, 0.15) is 0 Å². The van der Waals surface area contributed by atoms with E-state index in [-0.39, 0.29) is 11.9 Å². The fourth-order valence-electron chi connectivity index (χ4n) is 1.44. The van der Waals surface area contributed by atoms with Crippen LogP contribution in [0.5, 0.6) is 0 Å². The summed E-state index contributed by atoms with van der Waals surface area (Å²) in [6, 6.07) is 3.04. The van der Waals surface area contributed by atoms with E-state index in [9.17, 15) is 9.59 Å². The Morgan fingerprint density at radius 1 is 1.24 bits per heavy atom. The normalized spacial score (nSPS) is 10.2. The fraction of sp³-hybridized carbons (Fsp3) is 0.385. The van der Waals surface area contributed by atoms with E-state index in [2.05, 4.69) is 10.1 Å². The number of hydrogen-bond acceptors (Lipinski definition) is 5. The van der Waals surface area contributed by atoms with E-state index in [1.807, 2.05) is 0 Å². The lowest BCUT2D eigenvalue weighted by Gasteiger charge is -2.10. The molecule has 0 heterocycles. The van der Waals surface area contributed by atoms with Crippen LogP contribution in [-0.4, -0.2) is 30.5 Å². The van der Waals surface area contributed by atoms with Crippen LogP contribution in [0.15, 0.2) is 12.1 Å². The third kappa shape index (κ3) is 6.46. The van der Waals surface area contributed by atoms with Gasteiger partial charge in [0.05, 0.1) is 29.3 Å². The molecule has 0 fully saturated rings. The molecule has 0 radical (unpaired) electrons. The molecule has 5 nitrogen and oxygen atoms in total. The first-order chi connectivity index (χ1) is 9.93. The van der Waals surface area contributed by atoms with Gasteiger partial charge in [-0.05, 0) is 12.1 Å². The second-order valence-electron chi connectivity index (χ2n) is 4.10. The smallest absolute Gasteiger partial charge is 0.306 e. The molecule has 3 N–H and O–H groups in total. The van der Waals surface area contributed by atoms with Crippen molar-refractivity contribution in [3.8, 4) is 0 Å². The van der Waals surface area contributed by atoms with E-state index in [1.54, 1.807) is 0 Å². The second-order valence-corrected chi connectivity index (χ2v) is 6.14. The van der Waals surface area contributed by atoms with Crippen LogP contribution in [0.3, 0.4) is 0 Å². The summed E-state index contributed by atoms with van der Waals surface area (Å²) in [6.07, 6.45) is 0.626. The van der Waals surface area contributed by atoms with Gasteiger partial charge in [0.25, 0.3) is 0 Å². The number of carbonyl (C=O) groups is 2. The highest BCUT2D eigenvalue weighted by Gasteiger charge is 2.11. The molecule has 1 amide bonds. The van der Waals surface area contributed by atoms with Crippen LogP contribution < -0.4 is 11.1 Å². The summed E-state index contributed by atoms with van der Waals surface area (Å²) in [5.74, 6) is 0.748. The molecule has 0 saturated heterocycles. The summed E-state index contributed by atoms with van der Waals surface area (Å²) >= 11 is 13.5. The summed E-state index contributed by atoms with van der Waals surface area (Å²) in [5, 5.41) is 3.25. The number of hydrogen-bond donors (Lipinski definition) is 2. The molecule has 116 valence electrons. The van der Waals surface area contributed by atoms with Crippen molar-refractivity contribution >= 4 is 58.2 Å². The van der Waals surface area contributed by atoms with E-state index in [1.165, 1.54) is 31.0 Å². The maximum absolute atomic E-state index is 11.8. The molecule has 0 aromatic heterocycles. The largest absolute Gasteiger partial charge is 0.469 e. The molecule has 8 heteroatoms. The first-order valence-corrected chi connectivity index (χ1v) is 8.04. The van der Waals surface area contributed by atoms with Gasteiger partial charge in [-0.1, -0.05) is 23.2 Å². The Morgan fingerprint density at radius 3 is 2.38 bits per heavy atom. The minimum Gasteiger partial charge on any atom is -0.469 e. The molecule has 0 atom stereocenters. The van der Waals surface area contributed by atoms with Gasteiger partial charge < -0.3 is 15.8 Å². The van der Waals surface area contributed by atoms with Crippen LogP contribution in [0.2, 0.25) is 10.0 Å². The third-order valence-corrected chi connectivity index (χ3v) is 4.06. The van der Waals surface area contributed by atoms with E-state index in [4.69, 9.17) is 28.9 Å². The van der Waals surface area contributed by atoms with Crippen LogP contribution in [0.4, 0.5) is 11.4 Å². The van der Waals surface area contributed by atoms with Crippen LogP contribution in [0.25, 0.3) is 0 Å². The Kier molecular flexibility index (Phi) is 7.71. The monoisotopic (exact) mass is 350 g/mol. The predicted molar refractivity (Wildman–Crippen MR) is 88.1 cm³/mol. The number of thioether (sulfide) groups is 1. The zero-order chi connectivity index (χ0) is 15.8. The van der Waals surface area contributed by atoms with Crippen molar-refractivity contribution in [1.82, 2.24) is 0 Å². The van der Waals surface area contributed by atoms with Gasteiger partial charge in [0.15, 0.2) is 0 Å². The molecule has 1 rings (SSSR count). The van der Waals surface area contributed by atoms with Gasteiger partial charge in [0.2, 0.25) is 5.91 Å². The molecular weight excluding hydrogens is 335 g/mol. The van der Waals surface area contributed by atoms with Gasteiger partial charge in [-0.15, -0.1) is 0 Å². The Bertz CT molecular complexity index is 503. The van der Waals surface area contributed by atoms with Gasteiger partial charge in [0, 0.05) is 23.6 Å². The molecule has 0 aliphatic heterocycles. The molecule has 0 unspecified atom stereocenters. The standard InChI is InChI=1S/C13H16Cl2N2O3S/c1-20-12(19)3-5-21-4-2-11(18)17-13-9(14)6-8(16)7-10(13)15/h6-7H,2-5,16H2,1H3,(H,17,18). The molecule has 21 heavy (non-hydrogen) atoms. The molecule has 1 aromatic carbocycles. The summed E-state index contributed by atoms with van der Waals surface area (Å²) in [7, 11) is 1.35. The van der Waals surface area contributed by atoms with E-state index in [0.717, 1.165) is 0 Å². The quantitative estimate of drug-likeness (QED) is 0.448. The highest BCUT2D eigenvalue weighted by Crippen LogP contribution is 2.32. The number of esters is 1.